The van der Waals surface area contributed by atoms with Crippen LogP contribution in [0.15, 0.2) is 42.5 Å². The molecule has 0 aromatic heterocycles. The van der Waals surface area contributed by atoms with Crippen molar-refractivity contribution in [2.75, 3.05) is 11.9 Å². The molecule has 0 aliphatic heterocycles. The van der Waals surface area contributed by atoms with Gasteiger partial charge in [0.15, 0.2) is 6.61 Å². The van der Waals surface area contributed by atoms with E-state index in [0.29, 0.717) is 17.0 Å². The molecule has 7 heteroatoms. The van der Waals surface area contributed by atoms with Crippen molar-refractivity contribution >= 4 is 23.4 Å². The topological polar surface area (TPSA) is 96.5 Å². The highest BCUT2D eigenvalue weighted by Crippen LogP contribution is 2.25. The molecule has 3 rings (SSSR count). The highest BCUT2D eigenvalue weighted by Gasteiger charge is 2.21. The molecule has 0 radical (unpaired) electrons. The normalized spacial score (nSPS) is 13.9. The van der Waals surface area contributed by atoms with Crippen molar-refractivity contribution in [1.29, 1.82) is 0 Å². The van der Waals surface area contributed by atoms with Crippen LogP contribution >= 0.6 is 0 Å². The minimum atomic E-state index is -0.465. The van der Waals surface area contributed by atoms with Gasteiger partial charge in [0.2, 0.25) is 5.91 Å². The predicted octanol–water partition coefficient (Wildman–Crippen LogP) is 3.66. The highest BCUT2D eigenvalue weighted by atomic mass is 16.5. The van der Waals surface area contributed by atoms with Crippen molar-refractivity contribution in [3.63, 3.8) is 0 Å². The Bertz CT molecular complexity index is 914. The van der Waals surface area contributed by atoms with E-state index in [1.54, 1.807) is 24.3 Å². The number of anilines is 1. The third-order valence-corrected chi connectivity index (χ3v) is 5.46. The first-order chi connectivity index (χ1) is 14.9. The molecule has 0 heterocycles. The summed E-state index contributed by atoms with van der Waals surface area (Å²) >= 11 is 0. The first kappa shape index (κ1) is 22.3. The Morgan fingerprint density at radius 2 is 1.55 bits per heavy atom. The van der Waals surface area contributed by atoms with Gasteiger partial charge < -0.3 is 10.1 Å². The Kier molecular flexibility index (Phi) is 7.65. The monoisotopic (exact) mass is 423 g/mol. The van der Waals surface area contributed by atoms with Crippen LogP contribution < -0.4 is 20.9 Å². The van der Waals surface area contributed by atoms with Crippen LogP contribution in [0.5, 0.6) is 5.75 Å². The van der Waals surface area contributed by atoms with E-state index in [1.807, 2.05) is 32.0 Å². The minimum Gasteiger partial charge on any atom is -0.483 e. The SMILES string of the molecule is Cc1cccc(C)c1OCC(=O)NNC(=O)c1ccc(NC(=O)C2CCCCC2)cc1. The molecule has 0 atom stereocenters. The van der Waals surface area contributed by atoms with Crippen molar-refractivity contribution < 1.29 is 19.1 Å². The molecule has 2 aromatic carbocycles. The second-order valence-electron chi connectivity index (χ2n) is 7.91. The number of ether oxygens (including phenoxy) is 1. The van der Waals surface area contributed by atoms with E-state index in [0.717, 1.165) is 36.8 Å². The zero-order chi connectivity index (χ0) is 22.2. The summed E-state index contributed by atoms with van der Waals surface area (Å²) < 4.78 is 5.57. The van der Waals surface area contributed by atoms with Crippen LogP contribution in [0.25, 0.3) is 0 Å². The lowest BCUT2D eigenvalue weighted by atomic mass is 9.88. The molecule has 1 saturated carbocycles. The van der Waals surface area contributed by atoms with Gasteiger partial charge in [0.25, 0.3) is 11.8 Å². The van der Waals surface area contributed by atoms with Gasteiger partial charge in [-0.3, -0.25) is 25.2 Å². The second-order valence-corrected chi connectivity index (χ2v) is 7.91. The maximum Gasteiger partial charge on any atom is 0.276 e. The minimum absolute atomic E-state index is 0.0352. The lowest BCUT2D eigenvalue weighted by Gasteiger charge is -2.20. The molecule has 3 amide bonds. The van der Waals surface area contributed by atoms with Crippen LogP contribution in [0.1, 0.15) is 53.6 Å². The van der Waals surface area contributed by atoms with Gasteiger partial charge in [0.05, 0.1) is 0 Å². The number of hydrazine groups is 1. The van der Waals surface area contributed by atoms with E-state index in [1.165, 1.54) is 6.42 Å². The Hall–Kier alpha value is -3.35. The number of amides is 3. The molecule has 164 valence electrons. The fraction of sp³-hybridized carbons (Fsp3) is 0.375. The largest absolute Gasteiger partial charge is 0.483 e. The molecule has 0 bridgehead atoms. The van der Waals surface area contributed by atoms with Gasteiger partial charge in [0.1, 0.15) is 5.75 Å². The molecule has 1 fully saturated rings. The third kappa shape index (κ3) is 6.31. The molecule has 0 unspecified atom stereocenters. The number of nitrogens with one attached hydrogen (secondary N) is 3. The van der Waals surface area contributed by atoms with E-state index < -0.39 is 11.8 Å². The molecular formula is C24H29N3O4. The lowest BCUT2D eigenvalue weighted by molar-refractivity contribution is -0.124. The van der Waals surface area contributed by atoms with Crippen molar-refractivity contribution in [2.24, 2.45) is 5.92 Å². The number of hydrogen-bond acceptors (Lipinski definition) is 4. The molecule has 1 aliphatic rings. The van der Waals surface area contributed by atoms with E-state index in [-0.39, 0.29) is 18.4 Å². The van der Waals surface area contributed by atoms with E-state index in [9.17, 15) is 14.4 Å². The smallest absolute Gasteiger partial charge is 0.276 e. The summed E-state index contributed by atoms with van der Waals surface area (Å²) in [5.74, 6) is -0.154. The summed E-state index contributed by atoms with van der Waals surface area (Å²) in [6.45, 7) is 3.60. The van der Waals surface area contributed by atoms with Crippen molar-refractivity contribution in [1.82, 2.24) is 10.9 Å². The van der Waals surface area contributed by atoms with Crippen LogP contribution in [-0.4, -0.2) is 24.3 Å². The van der Waals surface area contributed by atoms with Crippen LogP contribution in [0, 0.1) is 19.8 Å². The fourth-order valence-electron chi connectivity index (χ4n) is 3.71. The number of para-hydroxylation sites is 1. The average Bonchev–Trinajstić information content (AvgIpc) is 2.78. The van der Waals surface area contributed by atoms with Gasteiger partial charge in [-0.1, -0.05) is 37.5 Å². The van der Waals surface area contributed by atoms with Gasteiger partial charge in [-0.2, -0.15) is 0 Å². The average molecular weight is 424 g/mol. The maximum atomic E-state index is 12.3. The third-order valence-electron chi connectivity index (χ3n) is 5.46. The predicted molar refractivity (Wildman–Crippen MR) is 119 cm³/mol. The summed E-state index contributed by atoms with van der Waals surface area (Å²) in [7, 11) is 0. The summed E-state index contributed by atoms with van der Waals surface area (Å²) in [5, 5.41) is 2.91. The van der Waals surface area contributed by atoms with Gasteiger partial charge in [0, 0.05) is 17.2 Å². The van der Waals surface area contributed by atoms with Crippen LogP contribution in [0.2, 0.25) is 0 Å². The summed E-state index contributed by atoms with van der Waals surface area (Å²) in [5.41, 5.74) is 7.61. The molecule has 1 aliphatic carbocycles. The maximum absolute atomic E-state index is 12.3. The molecule has 7 nitrogen and oxygen atoms in total. The van der Waals surface area contributed by atoms with Gasteiger partial charge in [-0.05, 0) is 62.1 Å². The number of benzene rings is 2. The standard InChI is InChI=1S/C24H29N3O4/c1-16-7-6-8-17(2)22(16)31-15-21(28)26-27-24(30)19-11-13-20(14-12-19)25-23(29)18-9-4-3-5-10-18/h6-8,11-14,18H,3-5,9-10,15H2,1-2H3,(H,25,29)(H,26,28)(H,27,30). The van der Waals surface area contributed by atoms with Gasteiger partial charge in [-0.25, -0.2) is 0 Å². The van der Waals surface area contributed by atoms with Crippen molar-refractivity contribution in [3.05, 3.63) is 59.2 Å². The Morgan fingerprint density at radius 1 is 0.903 bits per heavy atom. The van der Waals surface area contributed by atoms with E-state index in [4.69, 9.17) is 4.74 Å². The summed E-state index contributed by atoms with van der Waals surface area (Å²) in [6.07, 6.45) is 5.25. The second kappa shape index (κ2) is 10.6. The number of hydrogen-bond donors (Lipinski definition) is 3. The molecule has 3 N–H and O–H groups in total. The molecule has 0 spiro atoms. The van der Waals surface area contributed by atoms with E-state index >= 15 is 0 Å². The van der Waals surface area contributed by atoms with Crippen LogP contribution in [0.4, 0.5) is 5.69 Å². The van der Waals surface area contributed by atoms with E-state index in [2.05, 4.69) is 16.2 Å². The number of rotatable bonds is 6. The lowest BCUT2D eigenvalue weighted by Crippen LogP contribution is -2.43. The first-order valence-electron chi connectivity index (χ1n) is 10.6. The van der Waals surface area contributed by atoms with Gasteiger partial charge in [-0.15, -0.1) is 0 Å². The van der Waals surface area contributed by atoms with Crippen LogP contribution in [0.3, 0.4) is 0 Å². The summed E-state index contributed by atoms with van der Waals surface area (Å²) in [4.78, 5) is 36.6. The Labute approximate surface area is 182 Å². The molecular weight excluding hydrogens is 394 g/mol. The number of carbonyl (C=O) groups is 3. The molecule has 0 saturated heterocycles. The molecule has 2 aromatic rings. The zero-order valence-corrected chi connectivity index (χ0v) is 18.0. The van der Waals surface area contributed by atoms with Crippen molar-refractivity contribution in [3.8, 4) is 5.75 Å². The highest BCUT2D eigenvalue weighted by molar-refractivity contribution is 5.97. The quantitative estimate of drug-likeness (QED) is 0.618. The zero-order valence-electron chi connectivity index (χ0n) is 18.0. The number of aryl methyl sites for hydroxylation is 2. The fourth-order valence-corrected chi connectivity index (χ4v) is 3.71. The van der Waals surface area contributed by atoms with Crippen LogP contribution in [-0.2, 0) is 9.59 Å². The Balaban J connectivity index is 1.44. The summed E-state index contributed by atoms with van der Waals surface area (Å²) in [6, 6.07) is 12.3. The van der Waals surface area contributed by atoms with Crippen molar-refractivity contribution in [2.45, 2.75) is 46.0 Å². The molecule has 31 heavy (non-hydrogen) atoms. The number of carbonyl (C=O) groups excluding carboxylic acids is 3. The Morgan fingerprint density at radius 3 is 2.19 bits per heavy atom. The first-order valence-corrected chi connectivity index (χ1v) is 10.6. The van der Waals surface area contributed by atoms with Gasteiger partial charge >= 0.3 is 0 Å².